The third-order valence-electron chi connectivity index (χ3n) is 3.67. The minimum absolute atomic E-state index is 0.0277. The first kappa shape index (κ1) is 19.7. The molecule has 0 radical (unpaired) electrons. The summed E-state index contributed by atoms with van der Waals surface area (Å²) in [5.74, 6) is 1.42. The second-order valence-electron chi connectivity index (χ2n) is 5.97. The molecule has 0 bridgehead atoms. The maximum absolute atomic E-state index is 11.8. The van der Waals surface area contributed by atoms with Gasteiger partial charge in [-0.2, -0.15) is 0 Å². The van der Waals surface area contributed by atoms with E-state index in [2.05, 4.69) is 5.32 Å². The zero-order valence-electron chi connectivity index (χ0n) is 15.0. The third kappa shape index (κ3) is 7.98. The number of aryl methyl sites for hydroxylation is 1. The topological polar surface area (TPSA) is 77.8 Å². The van der Waals surface area contributed by atoms with E-state index in [1.165, 1.54) is 0 Å². The van der Waals surface area contributed by atoms with Gasteiger partial charge in [-0.3, -0.25) is 4.79 Å². The van der Waals surface area contributed by atoms with E-state index in [9.17, 15) is 9.59 Å². The van der Waals surface area contributed by atoms with Crippen molar-refractivity contribution in [2.45, 2.75) is 32.8 Å². The Morgan fingerprint density at radius 1 is 1.15 bits per heavy atom. The fraction of sp³-hybridized carbons (Fsp3) is 0.400. The van der Waals surface area contributed by atoms with Gasteiger partial charge in [-0.1, -0.05) is 12.1 Å². The van der Waals surface area contributed by atoms with E-state index < -0.39 is 0 Å². The lowest BCUT2D eigenvalue weighted by molar-refractivity contribution is -0.123. The molecule has 2 aromatic rings. The lowest BCUT2D eigenvalue weighted by atomic mass is 10.1. The minimum Gasteiger partial charge on any atom is -0.484 e. The minimum atomic E-state index is -0.170. The molecule has 0 unspecified atom stereocenters. The molecule has 1 amide bonds. The van der Waals surface area contributed by atoms with Crippen LogP contribution >= 0.6 is 0 Å². The molecule has 0 saturated carbocycles. The average Bonchev–Trinajstić information content (AvgIpc) is 3.15. The van der Waals surface area contributed by atoms with Crippen molar-refractivity contribution in [3.8, 4) is 5.75 Å². The van der Waals surface area contributed by atoms with Gasteiger partial charge in [-0.05, 0) is 49.6 Å². The Morgan fingerprint density at radius 3 is 2.65 bits per heavy atom. The van der Waals surface area contributed by atoms with Crippen molar-refractivity contribution in [2.24, 2.45) is 0 Å². The van der Waals surface area contributed by atoms with Gasteiger partial charge in [0.05, 0.1) is 6.26 Å². The van der Waals surface area contributed by atoms with E-state index in [-0.39, 0.29) is 18.3 Å². The first-order valence-corrected chi connectivity index (χ1v) is 8.71. The molecule has 140 valence electrons. The van der Waals surface area contributed by atoms with Crippen LogP contribution in [0.3, 0.4) is 0 Å². The highest BCUT2D eigenvalue weighted by Gasteiger charge is 2.03. The molecule has 2 rings (SSSR count). The first-order valence-electron chi connectivity index (χ1n) is 8.71. The second kappa shape index (κ2) is 11.1. The molecule has 1 aromatic carbocycles. The lowest BCUT2D eigenvalue weighted by Gasteiger charge is -2.08. The number of ether oxygens (including phenoxy) is 2. The quantitative estimate of drug-likeness (QED) is 0.590. The summed E-state index contributed by atoms with van der Waals surface area (Å²) >= 11 is 0. The van der Waals surface area contributed by atoms with Gasteiger partial charge in [0.1, 0.15) is 23.9 Å². The van der Waals surface area contributed by atoms with Crippen molar-refractivity contribution in [3.05, 3.63) is 54.0 Å². The molecular weight excluding hydrogens is 334 g/mol. The number of nitrogens with one attached hydrogen (secondary N) is 1. The average molecular weight is 359 g/mol. The van der Waals surface area contributed by atoms with E-state index in [4.69, 9.17) is 13.9 Å². The number of hydrogen-bond acceptors (Lipinski definition) is 5. The highest BCUT2D eigenvalue weighted by atomic mass is 16.5. The number of ketones is 1. The van der Waals surface area contributed by atoms with E-state index in [1.54, 1.807) is 13.2 Å². The fourth-order valence-corrected chi connectivity index (χ4v) is 2.24. The number of carbonyl (C=O) groups excluding carboxylic acids is 2. The Labute approximate surface area is 153 Å². The van der Waals surface area contributed by atoms with E-state index >= 15 is 0 Å². The van der Waals surface area contributed by atoms with Gasteiger partial charge in [0, 0.05) is 19.6 Å². The number of rotatable bonds is 12. The summed E-state index contributed by atoms with van der Waals surface area (Å²) in [6, 6.07) is 11.1. The van der Waals surface area contributed by atoms with Crippen LogP contribution in [-0.2, 0) is 27.4 Å². The summed E-state index contributed by atoms with van der Waals surface area (Å²) in [5.41, 5.74) is 1.08. The highest BCUT2D eigenvalue weighted by molar-refractivity contribution is 5.77. The van der Waals surface area contributed by atoms with Crippen LogP contribution in [0.2, 0.25) is 0 Å². The SMILES string of the molecule is CC(=O)CCc1ccc(OCC(=O)NCCCOCc2ccco2)cc1. The maximum atomic E-state index is 11.8. The fourth-order valence-electron chi connectivity index (χ4n) is 2.24. The predicted octanol–water partition coefficient (Wildman–Crippen LogP) is 2.90. The molecule has 0 saturated heterocycles. The van der Waals surface area contributed by atoms with Crippen LogP contribution in [0, 0.1) is 0 Å². The summed E-state index contributed by atoms with van der Waals surface area (Å²) in [6.07, 6.45) is 3.59. The van der Waals surface area contributed by atoms with E-state index in [1.807, 2.05) is 36.4 Å². The largest absolute Gasteiger partial charge is 0.484 e. The summed E-state index contributed by atoms with van der Waals surface area (Å²) in [4.78, 5) is 22.7. The van der Waals surface area contributed by atoms with Crippen LogP contribution in [0.1, 0.15) is 31.1 Å². The number of benzene rings is 1. The van der Waals surface area contributed by atoms with Crippen molar-refractivity contribution in [2.75, 3.05) is 19.8 Å². The molecule has 6 heteroatoms. The standard InChI is InChI=1S/C20H25NO5/c1-16(22)5-6-17-7-9-18(10-8-17)26-15-20(23)21-11-3-12-24-14-19-4-2-13-25-19/h2,4,7-10,13H,3,5-6,11-12,14-15H2,1H3,(H,21,23). The molecule has 0 fully saturated rings. The smallest absolute Gasteiger partial charge is 0.257 e. The molecule has 0 aliphatic rings. The highest BCUT2D eigenvalue weighted by Crippen LogP contribution is 2.13. The van der Waals surface area contributed by atoms with Crippen molar-refractivity contribution >= 4 is 11.7 Å². The third-order valence-corrected chi connectivity index (χ3v) is 3.67. The molecule has 0 aliphatic carbocycles. The molecule has 1 N–H and O–H groups in total. The van der Waals surface area contributed by atoms with Crippen molar-refractivity contribution < 1.29 is 23.5 Å². The number of carbonyl (C=O) groups is 2. The Morgan fingerprint density at radius 2 is 1.96 bits per heavy atom. The number of Topliss-reactive ketones (excluding diaryl/α,β-unsaturated/α-hetero) is 1. The van der Waals surface area contributed by atoms with Crippen molar-refractivity contribution in [1.82, 2.24) is 5.32 Å². The van der Waals surface area contributed by atoms with Gasteiger partial charge >= 0.3 is 0 Å². The van der Waals surface area contributed by atoms with Gasteiger partial charge < -0.3 is 24.0 Å². The first-order chi connectivity index (χ1) is 12.6. The van der Waals surface area contributed by atoms with Crippen LogP contribution in [0.15, 0.2) is 47.1 Å². The zero-order chi connectivity index (χ0) is 18.6. The van der Waals surface area contributed by atoms with Crippen molar-refractivity contribution in [3.63, 3.8) is 0 Å². The summed E-state index contributed by atoms with van der Waals surface area (Å²) in [5, 5.41) is 2.79. The molecule has 6 nitrogen and oxygen atoms in total. The Hall–Kier alpha value is -2.60. The molecule has 26 heavy (non-hydrogen) atoms. The predicted molar refractivity (Wildman–Crippen MR) is 96.9 cm³/mol. The van der Waals surface area contributed by atoms with Crippen LogP contribution in [-0.4, -0.2) is 31.4 Å². The van der Waals surface area contributed by atoms with Crippen LogP contribution in [0.4, 0.5) is 0 Å². The van der Waals surface area contributed by atoms with E-state index in [0.29, 0.717) is 31.9 Å². The monoisotopic (exact) mass is 359 g/mol. The Bertz CT molecular complexity index is 664. The van der Waals surface area contributed by atoms with Gasteiger partial charge in [-0.25, -0.2) is 0 Å². The summed E-state index contributed by atoms with van der Waals surface area (Å²) < 4.78 is 16.0. The number of furan rings is 1. The maximum Gasteiger partial charge on any atom is 0.257 e. The normalized spacial score (nSPS) is 10.5. The van der Waals surface area contributed by atoms with Gasteiger partial charge in [-0.15, -0.1) is 0 Å². The Balaban J connectivity index is 1.53. The zero-order valence-corrected chi connectivity index (χ0v) is 15.0. The number of amides is 1. The van der Waals surface area contributed by atoms with Crippen molar-refractivity contribution in [1.29, 1.82) is 0 Å². The van der Waals surface area contributed by atoms with E-state index in [0.717, 1.165) is 24.2 Å². The Kier molecular flexibility index (Phi) is 8.42. The summed E-state index contributed by atoms with van der Waals surface area (Å²) in [7, 11) is 0. The van der Waals surface area contributed by atoms with Crippen LogP contribution in [0.5, 0.6) is 5.75 Å². The van der Waals surface area contributed by atoms with Gasteiger partial charge in [0.25, 0.3) is 5.91 Å². The molecule has 0 spiro atoms. The van der Waals surface area contributed by atoms with Gasteiger partial charge in [0.15, 0.2) is 6.61 Å². The molecule has 1 aromatic heterocycles. The second-order valence-corrected chi connectivity index (χ2v) is 5.97. The summed E-state index contributed by atoms with van der Waals surface area (Å²) in [6.45, 7) is 3.07. The van der Waals surface area contributed by atoms with Gasteiger partial charge in [0.2, 0.25) is 0 Å². The molecule has 1 heterocycles. The molecule has 0 atom stereocenters. The van der Waals surface area contributed by atoms with Crippen LogP contribution in [0.25, 0.3) is 0 Å². The lowest BCUT2D eigenvalue weighted by Crippen LogP contribution is -2.30. The number of hydrogen-bond donors (Lipinski definition) is 1. The molecular formula is C20H25NO5. The van der Waals surface area contributed by atoms with Crippen LogP contribution < -0.4 is 10.1 Å². The molecule has 0 aliphatic heterocycles.